The molecule has 0 saturated carbocycles. The molecule has 0 fully saturated rings. The number of nitrogens with two attached hydrogens (primary N) is 1. The van der Waals surface area contributed by atoms with Crippen LogP contribution in [0.3, 0.4) is 0 Å². The minimum atomic E-state index is 0.496. The van der Waals surface area contributed by atoms with E-state index in [9.17, 15) is 0 Å². The Morgan fingerprint density at radius 3 is 2.82 bits per heavy atom. The summed E-state index contributed by atoms with van der Waals surface area (Å²) in [7, 11) is 1.95. The Balaban J connectivity index is 2.33. The molecule has 2 rings (SSSR count). The van der Waals surface area contributed by atoms with Crippen LogP contribution in [-0.2, 0) is 26.6 Å². The van der Waals surface area contributed by atoms with Crippen LogP contribution in [0.2, 0.25) is 0 Å². The molecule has 2 N–H and O–H groups in total. The fourth-order valence-corrected chi connectivity index (χ4v) is 2.55. The van der Waals surface area contributed by atoms with Gasteiger partial charge in [-0.1, -0.05) is 6.92 Å². The number of aryl methyl sites for hydroxylation is 2. The topological polar surface area (TPSA) is 61.7 Å². The van der Waals surface area contributed by atoms with E-state index in [1.165, 1.54) is 0 Å². The van der Waals surface area contributed by atoms with Crippen LogP contribution in [-0.4, -0.2) is 19.6 Å². The van der Waals surface area contributed by atoms with Gasteiger partial charge in [0.2, 0.25) is 0 Å². The third-order valence-corrected chi connectivity index (χ3v) is 3.73. The van der Waals surface area contributed by atoms with Crippen LogP contribution >= 0.6 is 15.9 Å². The third kappa shape index (κ3) is 2.28. The number of aromatic nitrogens is 4. The lowest BCUT2D eigenvalue weighted by molar-refractivity contribution is 0.594. The molecule has 2 aromatic heterocycles. The van der Waals surface area contributed by atoms with Crippen LogP contribution in [0, 0.1) is 0 Å². The highest BCUT2D eigenvalue weighted by Crippen LogP contribution is 2.22. The summed E-state index contributed by atoms with van der Waals surface area (Å²) in [6.45, 7) is 3.27. The van der Waals surface area contributed by atoms with Crippen molar-refractivity contribution in [1.82, 2.24) is 19.6 Å². The van der Waals surface area contributed by atoms with Crippen molar-refractivity contribution in [2.45, 2.75) is 26.4 Å². The highest BCUT2D eigenvalue weighted by molar-refractivity contribution is 9.10. The maximum atomic E-state index is 5.66. The summed E-state index contributed by atoms with van der Waals surface area (Å²) < 4.78 is 4.87. The van der Waals surface area contributed by atoms with Gasteiger partial charge in [0, 0.05) is 19.8 Å². The molecule has 0 amide bonds. The van der Waals surface area contributed by atoms with Gasteiger partial charge in [-0.25, -0.2) is 0 Å². The normalized spacial score (nSPS) is 11.1. The predicted octanol–water partition coefficient (Wildman–Crippen LogP) is 1.45. The highest BCUT2D eigenvalue weighted by Gasteiger charge is 2.14. The third-order valence-electron chi connectivity index (χ3n) is 2.82. The standard InChI is InChI=1S/C11H16BrN5/c1-3-9-11(12)10(16(2)15-9)7-17-8(6-13)4-5-14-17/h4-5H,3,6-7,13H2,1-2H3. The van der Waals surface area contributed by atoms with Gasteiger partial charge in [0.1, 0.15) is 0 Å². The zero-order valence-electron chi connectivity index (χ0n) is 10.0. The number of rotatable bonds is 4. The Kier molecular flexibility index (Phi) is 3.63. The molecular weight excluding hydrogens is 282 g/mol. The SMILES string of the molecule is CCc1nn(C)c(Cn2nccc2CN)c1Br. The number of hydrogen-bond acceptors (Lipinski definition) is 3. The first-order valence-corrected chi connectivity index (χ1v) is 6.37. The Labute approximate surface area is 109 Å². The van der Waals surface area contributed by atoms with Gasteiger partial charge in [-0.3, -0.25) is 9.36 Å². The van der Waals surface area contributed by atoms with Crippen molar-refractivity contribution < 1.29 is 0 Å². The molecule has 0 aromatic carbocycles. The van der Waals surface area contributed by atoms with Crippen LogP contribution in [0.4, 0.5) is 0 Å². The largest absolute Gasteiger partial charge is 0.325 e. The lowest BCUT2D eigenvalue weighted by Gasteiger charge is -2.06. The quantitative estimate of drug-likeness (QED) is 0.929. The van der Waals surface area contributed by atoms with Crippen LogP contribution in [0.15, 0.2) is 16.7 Å². The van der Waals surface area contributed by atoms with E-state index in [0.29, 0.717) is 13.1 Å². The van der Waals surface area contributed by atoms with E-state index in [0.717, 1.165) is 28.0 Å². The van der Waals surface area contributed by atoms with E-state index in [1.54, 1.807) is 6.20 Å². The fourth-order valence-electron chi connectivity index (χ4n) is 1.81. The molecule has 0 aliphatic carbocycles. The fraction of sp³-hybridized carbons (Fsp3) is 0.455. The van der Waals surface area contributed by atoms with Crippen molar-refractivity contribution in [2.75, 3.05) is 0 Å². The second kappa shape index (κ2) is 5.01. The van der Waals surface area contributed by atoms with E-state index in [2.05, 4.69) is 33.1 Å². The molecule has 0 atom stereocenters. The summed E-state index contributed by atoms with van der Waals surface area (Å²) in [6.07, 6.45) is 2.68. The molecule has 2 heterocycles. The molecule has 0 radical (unpaired) electrons. The molecule has 6 heteroatoms. The second-order valence-corrected chi connectivity index (χ2v) is 4.66. The van der Waals surface area contributed by atoms with Gasteiger partial charge in [-0.05, 0) is 28.4 Å². The van der Waals surface area contributed by atoms with E-state index in [-0.39, 0.29) is 0 Å². The van der Waals surface area contributed by atoms with Crippen molar-refractivity contribution in [3.05, 3.63) is 33.8 Å². The Morgan fingerprint density at radius 1 is 1.47 bits per heavy atom. The Hall–Kier alpha value is -1.14. The molecular formula is C11H16BrN5. The summed E-state index contributed by atoms with van der Waals surface area (Å²) in [5, 5.41) is 8.74. The van der Waals surface area contributed by atoms with Gasteiger partial charge < -0.3 is 5.73 Å². The zero-order valence-corrected chi connectivity index (χ0v) is 11.6. The maximum absolute atomic E-state index is 5.66. The van der Waals surface area contributed by atoms with Crippen molar-refractivity contribution in [1.29, 1.82) is 0 Å². The molecule has 92 valence electrons. The molecule has 5 nitrogen and oxygen atoms in total. The summed E-state index contributed by atoms with van der Waals surface area (Å²) in [6, 6.07) is 1.94. The van der Waals surface area contributed by atoms with E-state index in [1.807, 2.05) is 22.5 Å². The lowest BCUT2D eigenvalue weighted by Crippen LogP contribution is -2.12. The molecule has 2 aromatic rings. The van der Waals surface area contributed by atoms with Crippen LogP contribution in [0.1, 0.15) is 24.0 Å². The van der Waals surface area contributed by atoms with E-state index >= 15 is 0 Å². The molecule has 0 aliphatic rings. The van der Waals surface area contributed by atoms with Gasteiger partial charge >= 0.3 is 0 Å². The van der Waals surface area contributed by atoms with Gasteiger partial charge in [0.15, 0.2) is 0 Å². The Morgan fingerprint density at radius 2 is 2.24 bits per heavy atom. The summed E-state index contributed by atoms with van der Waals surface area (Å²) in [4.78, 5) is 0. The monoisotopic (exact) mass is 297 g/mol. The minimum Gasteiger partial charge on any atom is -0.325 e. The number of nitrogens with zero attached hydrogens (tertiary/aromatic N) is 4. The molecule has 0 spiro atoms. The van der Waals surface area contributed by atoms with Gasteiger partial charge in [-0.15, -0.1) is 0 Å². The van der Waals surface area contributed by atoms with Crippen molar-refractivity contribution in [3.8, 4) is 0 Å². The molecule has 0 aliphatic heterocycles. The average Bonchev–Trinajstić information content (AvgIpc) is 2.88. The van der Waals surface area contributed by atoms with Gasteiger partial charge in [-0.2, -0.15) is 10.2 Å². The van der Waals surface area contributed by atoms with Crippen LogP contribution in [0.25, 0.3) is 0 Å². The summed E-state index contributed by atoms with van der Waals surface area (Å²) >= 11 is 3.60. The molecule has 0 unspecified atom stereocenters. The Bertz CT molecular complexity index is 514. The van der Waals surface area contributed by atoms with Crippen molar-refractivity contribution >= 4 is 15.9 Å². The first-order valence-electron chi connectivity index (χ1n) is 5.58. The maximum Gasteiger partial charge on any atom is 0.0843 e. The minimum absolute atomic E-state index is 0.496. The number of halogens is 1. The molecule has 17 heavy (non-hydrogen) atoms. The van der Waals surface area contributed by atoms with Crippen molar-refractivity contribution in [3.63, 3.8) is 0 Å². The summed E-state index contributed by atoms with van der Waals surface area (Å²) in [5.74, 6) is 0. The van der Waals surface area contributed by atoms with Crippen LogP contribution in [0.5, 0.6) is 0 Å². The molecule has 0 saturated heterocycles. The first kappa shape index (κ1) is 12.3. The second-order valence-electron chi connectivity index (χ2n) is 3.87. The number of hydrogen-bond donors (Lipinski definition) is 1. The smallest absolute Gasteiger partial charge is 0.0843 e. The van der Waals surface area contributed by atoms with Crippen molar-refractivity contribution in [2.24, 2.45) is 12.8 Å². The van der Waals surface area contributed by atoms with E-state index < -0.39 is 0 Å². The predicted molar refractivity (Wildman–Crippen MR) is 69.5 cm³/mol. The van der Waals surface area contributed by atoms with Gasteiger partial charge in [0.05, 0.1) is 28.1 Å². The summed E-state index contributed by atoms with van der Waals surface area (Å²) in [5.41, 5.74) is 8.87. The first-order chi connectivity index (χ1) is 8.17. The zero-order chi connectivity index (χ0) is 12.4. The lowest BCUT2D eigenvalue weighted by atomic mass is 10.3. The molecule has 0 bridgehead atoms. The van der Waals surface area contributed by atoms with E-state index in [4.69, 9.17) is 5.73 Å². The van der Waals surface area contributed by atoms with Crippen LogP contribution < -0.4 is 5.73 Å². The average molecular weight is 298 g/mol. The highest BCUT2D eigenvalue weighted by atomic mass is 79.9. The van der Waals surface area contributed by atoms with Gasteiger partial charge in [0.25, 0.3) is 0 Å².